The molecule has 3 N–H and O–H groups in total. The molecule has 4 rings (SSSR count). The Labute approximate surface area is 204 Å². The van der Waals surface area contributed by atoms with Crippen LogP contribution in [-0.4, -0.2) is 78.3 Å². The van der Waals surface area contributed by atoms with Crippen LogP contribution in [0.3, 0.4) is 0 Å². The highest BCUT2D eigenvalue weighted by atomic mass is 32.2. The van der Waals surface area contributed by atoms with Gasteiger partial charge in [0.15, 0.2) is 10.9 Å². The van der Waals surface area contributed by atoms with Crippen molar-refractivity contribution in [1.29, 1.82) is 0 Å². The average Bonchev–Trinajstić information content (AvgIpc) is 3.37. The number of aromatic nitrogens is 3. The number of β-lactam (4-membered cyclic amide) rings is 1. The molecular weight excluding hydrogens is 504 g/mol. The largest absolute Gasteiger partial charge is 0.477 e. The maximum Gasteiger partial charge on any atom is 0.352 e. The molecule has 16 heteroatoms. The number of carboxylic acid groups (broad SMARTS) is 1. The molecule has 0 unspecified atom stereocenters. The molecule has 1 fully saturated rings. The predicted molar refractivity (Wildman–Crippen MR) is 123 cm³/mol. The van der Waals surface area contributed by atoms with Gasteiger partial charge in [0.25, 0.3) is 11.8 Å². The number of aromatic amines is 1. The van der Waals surface area contributed by atoms with Crippen molar-refractivity contribution in [2.24, 2.45) is 12.2 Å². The molecule has 2 aromatic rings. The molecule has 184 valence electrons. The molecule has 0 radical (unpaired) electrons. The van der Waals surface area contributed by atoms with E-state index >= 15 is 0 Å². The number of carboxylic acids is 1. The predicted octanol–water partition coefficient (Wildman–Crippen LogP) is -1.06. The first-order valence-electron chi connectivity index (χ1n) is 9.89. The monoisotopic (exact) mass is 522 g/mol. The number of carbonyl (C=O) groups excluding carboxylic acids is 2. The molecule has 35 heavy (non-hydrogen) atoms. The Morgan fingerprint density at radius 1 is 1.43 bits per heavy atom. The third kappa shape index (κ3) is 4.49. The number of hydrogen-bond donors (Lipinski definition) is 3. The van der Waals surface area contributed by atoms with Gasteiger partial charge in [-0.15, -0.1) is 16.9 Å². The van der Waals surface area contributed by atoms with E-state index in [-0.39, 0.29) is 33.8 Å². The Morgan fingerprint density at radius 3 is 2.86 bits per heavy atom. The van der Waals surface area contributed by atoms with E-state index in [4.69, 9.17) is 9.25 Å². The van der Waals surface area contributed by atoms with Crippen LogP contribution in [0.2, 0.25) is 0 Å². The lowest BCUT2D eigenvalue weighted by Crippen LogP contribution is -2.71. The van der Waals surface area contributed by atoms with E-state index in [1.807, 2.05) is 0 Å². The summed E-state index contributed by atoms with van der Waals surface area (Å²) in [6.45, 7) is 0. The zero-order chi connectivity index (χ0) is 25.3. The first-order valence-corrected chi connectivity index (χ1v) is 11.9. The van der Waals surface area contributed by atoms with Gasteiger partial charge in [-0.05, 0) is 17.7 Å². The van der Waals surface area contributed by atoms with Gasteiger partial charge < -0.3 is 19.7 Å². The number of hydrogen-bond acceptors (Lipinski definition) is 11. The quantitative estimate of drug-likeness (QED) is 0.126. The zero-order valence-electron chi connectivity index (χ0n) is 18.2. The Bertz CT molecular complexity index is 1360. The molecule has 0 bridgehead atoms. The topological polar surface area (TPSA) is 189 Å². The number of aliphatic carboxylic acids is 1. The lowest BCUT2D eigenvalue weighted by molar-refractivity contribution is -0.150. The highest BCUT2D eigenvalue weighted by molar-refractivity contribution is 8.01. The molecule has 1 saturated heterocycles. The molecule has 4 heterocycles. The summed E-state index contributed by atoms with van der Waals surface area (Å²) in [5, 5.41) is 21.5. The van der Waals surface area contributed by atoms with Crippen LogP contribution >= 0.6 is 23.5 Å². The van der Waals surface area contributed by atoms with Crippen molar-refractivity contribution in [3.63, 3.8) is 0 Å². The fraction of sp³-hybridized carbons (Fsp3) is 0.316. The van der Waals surface area contributed by atoms with Crippen LogP contribution in [-0.2, 0) is 26.3 Å². The van der Waals surface area contributed by atoms with Gasteiger partial charge >= 0.3 is 17.1 Å². The van der Waals surface area contributed by atoms with Crippen LogP contribution < -0.4 is 16.4 Å². The Balaban J connectivity index is 1.51. The molecule has 14 nitrogen and oxygen atoms in total. The van der Waals surface area contributed by atoms with Gasteiger partial charge in [0.05, 0.1) is 6.26 Å². The molecule has 0 aromatic carbocycles. The van der Waals surface area contributed by atoms with E-state index < -0.39 is 40.3 Å². The maximum absolute atomic E-state index is 12.9. The first-order chi connectivity index (χ1) is 16.7. The molecule has 0 spiro atoms. The highest BCUT2D eigenvalue weighted by Gasteiger charge is 2.54. The molecule has 0 saturated carbocycles. The lowest BCUT2D eigenvalue weighted by atomic mass is 10.0. The number of nitrogens with zero attached hydrogens (tertiary/aromatic N) is 4. The van der Waals surface area contributed by atoms with E-state index in [0.29, 0.717) is 5.57 Å². The van der Waals surface area contributed by atoms with Crippen LogP contribution in [0.15, 0.2) is 54.0 Å². The highest BCUT2D eigenvalue weighted by Crippen LogP contribution is 2.41. The summed E-state index contributed by atoms with van der Waals surface area (Å²) in [6.07, 6.45) is 1.35. The van der Waals surface area contributed by atoms with E-state index in [1.165, 1.54) is 38.2 Å². The molecular formula is C19H18N6O8S2. The van der Waals surface area contributed by atoms with E-state index in [0.717, 1.165) is 21.2 Å². The van der Waals surface area contributed by atoms with Crippen LogP contribution in [0.25, 0.3) is 0 Å². The number of furan rings is 1. The second kappa shape index (κ2) is 9.83. The van der Waals surface area contributed by atoms with Gasteiger partial charge in [-0.2, -0.15) is 0 Å². The minimum absolute atomic E-state index is 0.109. The normalized spacial score (nSPS) is 19.8. The van der Waals surface area contributed by atoms with Gasteiger partial charge in [0.2, 0.25) is 5.71 Å². The van der Waals surface area contributed by atoms with Gasteiger partial charge in [-0.25, -0.2) is 9.89 Å². The van der Waals surface area contributed by atoms with Crippen LogP contribution in [0.4, 0.5) is 0 Å². The number of amides is 2. The van der Waals surface area contributed by atoms with E-state index in [1.54, 1.807) is 6.07 Å². The minimum Gasteiger partial charge on any atom is -0.477 e. The van der Waals surface area contributed by atoms with Crippen LogP contribution in [0, 0.1) is 0 Å². The minimum atomic E-state index is -1.30. The number of oxime groups is 1. The zero-order valence-corrected chi connectivity index (χ0v) is 19.8. The Morgan fingerprint density at radius 2 is 2.20 bits per heavy atom. The SMILES string of the molecule is CON=C(C(=O)N[C@@H]1C(=O)N2C(C(=O)O)=C(CSc3n[nH]c(=O)c(=O)n3C)CS[C@@H]12)c1ccco1. The summed E-state index contributed by atoms with van der Waals surface area (Å²) in [5.74, 6) is -2.11. The summed E-state index contributed by atoms with van der Waals surface area (Å²) >= 11 is 2.32. The van der Waals surface area contributed by atoms with Crippen molar-refractivity contribution in [2.45, 2.75) is 16.6 Å². The second-order valence-corrected chi connectivity index (χ2v) is 9.25. The van der Waals surface area contributed by atoms with Crippen molar-refractivity contribution in [3.05, 3.63) is 56.1 Å². The summed E-state index contributed by atoms with van der Waals surface area (Å²) in [6, 6.07) is 2.09. The van der Waals surface area contributed by atoms with Crippen molar-refractivity contribution < 1.29 is 28.7 Å². The van der Waals surface area contributed by atoms with Crippen LogP contribution in [0.5, 0.6) is 0 Å². The average molecular weight is 523 g/mol. The van der Waals surface area contributed by atoms with Gasteiger partial charge in [0, 0.05) is 18.6 Å². The molecule has 0 aliphatic carbocycles. The third-order valence-corrected chi connectivity index (χ3v) is 7.56. The molecule has 2 aliphatic rings. The van der Waals surface area contributed by atoms with E-state index in [9.17, 15) is 29.1 Å². The number of fused-ring (bicyclic) bond motifs is 1. The van der Waals surface area contributed by atoms with Crippen LogP contribution in [0.1, 0.15) is 5.76 Å². The smallest absolute Gasteiger partial charge is 0.352 e. The van der Waals surface area contributed by atoms with Crippen molar-refractivity contribution in [2.75, 3.05) is 18.6 Å². The maximum atomic E-state index is 12.9. The van der Waals surface area contributed by atoms with Crippen molar-refractivity contribution >= 4 is 47.0 Å². The first kappa shape index (κ1) is 24.3. The van der Waals surface area contributed by atoms with Crippen molar-refractivity contribution in [1.82, 2.24) is 25.0 Å². The van der Waals surface area contributed by atoms with Gasteiger partial charge in [-0.3, -0.25) is 28.6 Å². The number of carbonyl (C=O) groups is 3. The lowest BCUT2D eigenvalue weighted by Gasteiger charge is -2.49. The number of nitrogens with one attached hydrogen (secondary N) is 2. The summed E-state index contributed by atoms with van der Waals surface area (Å²) in [7, 11) is 2.63. The second-order valence-electron chi connectivity index (χ2n) is 7.21. The number of H-pyrrole nitrogens is 1. The fourth-order valence-electron chi connectivity index (χ4n) is 3.45. The fourth-order valence-corrected chi connectivity index (χ4v) is 5.85. The third-order valence-electron chi connectivity index (χ3n) is 5.10. The molecule has 2 amide bonds. The van der Waals surface area contributed by atoms with Gasteiger partial charge in [-0.1, -0.05) is 16.9 Å². The number of rotatable bonds is 8. The molecule has 2 atom stereocenters. The standard InChI is InChI=1S/C19H18N6O8S2/c1-24-16(29)14(27)21-22-19(24)35-7-8-6-34-17-11(15(28)25(17)12(8)18(30)31)20-13(26)10(23-32-2)9-4-3-5-33-9/h3-5,11,17H,6-7H2,1-2H3,(H,20,26)(H,21,27)(H,30,31)/t11-,17+/m1/s1. The summed E-state index contributed by atoms with van der Waals surface area (Å²) in [5.41, 5.74) is -1.60. The van der Waals surface area contributed by atoms with Crippen molar-refractivity contribution in [3.8, 4) is 0 Å². The summed E-state index contributed by atoms with van der Waals surface area (Å²) in [4.78, 5) is 66.6. The molecule has 2 aromatic heterocycles. The number of thioether (sulfide) groups is 2. The Kier molecular flexibility index (Phi) is 6.83. The molecule has 2 aliphatic heterocycles. The van der Waals surface area contributed by atoms with Gasteiger partial charge in [0.1, 0.15) is 24.2 Å². The van der Waals surface area contributed by atoms with E-state index in [2.05, 4.69) is 20.7 Å². The Hall–Kier alpha value is -3.79. The summed E-state index contributed by atoms with van der Waals surface area (Å²) < 4.78 is 6.24.